The third-order valence-electron chi connectivity index (χ3n) is 6.16. The number of anilines is 1. The van der Waals surface area contributed by atoms with E-state index in [1.165, 1.54) is 44.4 Å². The van der Waals surface area contributed by atoms with E-state index in [2.05, 4.69) is 5.32 Å². The van der Waals surface area contributed by atoms with Gasteiger partial charge in [0.25, 0.3) is 10.0 Å². The molecule has 9 nitrogen and oxygen atoms in total. The van der Waals surface area contributed by atoms with Gasteiger partial charge in [0.05, 0.1) is 24.8 Å². The predicted molar refractivity (Wildman–Crippen MR) is 146 cm³/mol. The van der Waals surface area contributed by atoms with Crippen LogP contribution in [0.15, 0.2) is 83.8 Å². The molecule has 0 aliphatic carbocycles. The first kappa shape index (κ1) is 28.5. The summed E-state index contributed by atoms with van der Waals surface area (Å²) in [5.41, 5.74) is 1.30. The second-order valence-electron chi connectivity index (χ2n) is 8.48. The Morgan fingerprint density at radius 2 is 1.50 bits per heavy atom. The van der Waals surface area contributed by atoms with Crippen LogP contribution in [0, 0.1) is 0 Å². The number of nitrogens with one attached hydrogen (secondary N) is 1. The Bertz CT molecular complexity index is 1330. The van der Waals surface area contributed by atoms with Crippen molar-refractivity contribution in [3.63, 3.8) is 0 Å². The summed E-state index contributed by atoms with van der Waals surface area (Å²) in [5.74, 6) is -0.240. The number of rotatable bonds is 12. The van der Waals surface area contributed by atoms with Crippen molar-refractivity contribution in [3.8, 4) is 11.5 Å². The van der Waals surface area contributed by atoms with Crippen LogP contribution in [0.2, 0.25) is 0 Å². The second-order valence-corrected chi connectivity index (χ2v) is 10.3. The van der Waals surface area contributed by atoms with Crippen molar-refractivity contribution >= 4 is 27.5 Å². The molecule has 0 radical (unpaired) electrons. The minimum Gasteiger partial charge on any atom is -0.493 e. The number of hydrogen-bond acceptors (Lipinski definition) is 6. The fourth-order valence-electron chi connectivity index (χ4n) is 4.01. The van der Waals surface area contributed by atoms with Crippen LogP contribution < -0.4 is 19.1 Å². The van der Waals surface area contributed by atoms with Gasteiger partial charge in [-0.3, -0.25) is 13.9 Å². The van der Waals surface area contributed by atoms with Gasteiger partial charge in [0.2, 0.25) is 11.8 Å². The average molecular weight is 540 g/mol. The third kappa shape index (κ3) is 6.63. The van der Waals surface area contributed by atoms with Gasteiger partial charge in [-0.05, 0) is 43.2 Å². The SMILES string of the molecule is CNC(=O)[C@H](C)N(CCc1ccccc1)C(=O)CN(c1ccccc1)S(=O)(=O)c1ccc(OC)c(OC)c1. The van der Waals surface area contributed by atoms with E-state index in [9.17, 15) is 18.0 Å². The fourth-order valence-corrected chi connectivity index (χ4v) is 5.44. The molecule has 0 aliphatic rings. The summed E-state index contributed by atoms with van der Waals surface area (Å²) in [6.07, 6.45) is 0.502. The number of ether oxygens (including phenoxy) is 2. The second kappa shape index (κ2) is 13.0. The molecule has 0 heterocycles. The van der Waals surface area contributed by atoms with Crippen molar-refractivity contribution in [3.05, 3.63) is 84.4 Å². The number of methoxy groups -OCH3 is 2. The molecule has 3 aromatic carbocycles. The topological polar surface area (TPSA) is 105 Å². The molecule has 0 spiro atoms. The number of sulfonamides is 1. The van der Waals surface area contributed by atoms with Gasteiger partial charge in [0.15, 0.2) is 11.5 Å². The molecule has 1 N–H and O–H groups in total. The highest BCUT2D eigenvalue weighted by molar-refractivity contribution is 7.92. The predicted octanol–water partition coefficient (Wildman–Crippen LogP) is 3.10. The highest BCUT2D eigenvalue weighted by atomic mass is 32.2. The van der Waals surface area contributed by atoms with Gasteiger partial charge < -0.3 is 19.7 Å². The molecule has 3 rings (SSSR count). The Kier molecular flexibility index (Phi) is 9.72. The summed E-state index contributed by atoms with van der Waals surface area (Å²) in [6, 6.07) is 21.4. The summed E-state index contributed by atoms with van der Waals surface area (Å²) < 4.78 is 39.3. The molecule has 0 aromatic heterocycles. The number of nitrogens with zero attached hydrogens (tertiary/aromatic N) is 2. The lowest BCUT2D eigenvalue weighted by Gasteiger charge is -2.31. The van der Waals surface area contributed by atoms with Gasteiger partial charge in [0.1, 0.15) is 12.6 Å². The van der Waals surface area contributed by atoms with Crippen LogP contribution >= 0.6 is 0 Å². The normalized spacial score (nSPS) is 11.8. The summed E-state index contributed by atoms with van der Waals surface area (Å²) in [4.78, 5) is 27.6. The van der Waals surface area contributed by atoms with Gasteiger partial charge >= 0.3 is 0 Å². The zero-order chi connectivity index (χ0) is 27.7. The van der Waals surface area contributed by atoms with Crippen molar-refractivity contribution in [2.75, 3.05) is 38.7 Å². The Balaban J connectivity index is 1.99. The van der Waals surface area contributed by atoms with Crippen LogP contribution in [0.5, 0.6) is 11.5 Å². The lowest BCUT2D eigenvalue weighted by atomic mass is 10.1. The number of hydrogen-bond donors (Lipinski definition) is 1. The molecule has 3 aromatic rings. The zero-order valence-corrected chi connectivity index (χ0v) is 22.8. The van der Waals surface area contributed by atoms with Crippen LogP contribution in [0.25, 0.3) is 0 Å². The molecule has 202 valence electrons. The molecule has 0 saturated carbocycles. The van der Waals surface area contributed by atoms with Crippen molar-refractivity contribution < 1.29 is 27.5 Å². The fraction of sp³-hybridized carbons (Fsp3) is 0.286. The maximum absolute atomic E-state index is 13.9. The Hall–Kier alpha value is -4.05. The van der Waals surface area contributed by atoms with Crippen LogP contribution in [0.1, 0.15) is 12.5 Å². The molecule has 2 amide bonds. The first-order valence-electron chi connectivity index (χ1n) is 12.1. The van der Waals surface area contributed by atoms with Crippen LogP contribution in [0.4, 0.5) is 5.69 Å². The smallest absolute Gasteiger partial charge is 0.264 e. The average Bonchev–Trinajstić information content (AvgIpc) is 2.95. The summed E-state index contributed by atoms with van der Waals surface area (Å²) in [6.45, 7) is 1.35. The molecular weight excluding hydrogens is 506 g/mol. The van der Waals surface area contributed by atoms with Crippen molar-refractivity contribution in [1.29, 1.82) is 0 Å². The highest BCUT2D eigenvalue weighted by Gasteiger charge is 2.32. The quantitative estimate of drug-likeness (QED) is 0.379. The van der Waals surface area contributed by atoms with Crippen LogP contribution in [-0.4, -0.2) is 65.5 Å². The number of amides is 2. The molecule has 38 heavy (non-hydrogen) atoms. The van der Waals surface area contributed by atoms with Crippen LogP contribution in [0.3, 0.4) is 0 Å². The summed E-state index contributed by atoms with van der Waals surface area (Å²) in [7, 11) is 0.159. The van der Waals surface area contributed by atoms with Crippen LogP contribution in [-0.2, 0) is 26.0 Å². The maximum Gasteiger partial charge on any atom is 0.264 e. The lowest BCUT2D eigenvalue weighted by Crippen LogP contribution is -2.51. The van der Waals surface area contributed by atoms with Crippen molar-refractivity contribution in [1.82, 2.24) is 10.2 Å². The Morgan fingerprint density at radius 1 is 0.895 bits per heavy atom. The highest BCUT2D eigenvalue weighted by Crippen LogP contribution is 2.32. The van der Waals surface area contributed by atoms with E-state index in [0.717, 1.165) is 9.87 Å². The van der Waals surface area contributed by atoms with Gasteiger partial charge in [-0.25, -0.2) is 8.42 Å². The molecule has 0 saturated heterocycles. The molecule has 0 unspecified atom stereocenters. The van der Waals surface area contributed by atoms with E-state index in [0.29, 0.717) is 17.9 Å². The minimum atomic E-state index is -4.21. The Morgan fingerprint density at radius 3 is 2.08 bits per heavy atom. The van der Waals surface area contributed by atoms with Gasteiger partial charge in [0, 0.05) is 19.7 Å². The summed E-state index contributed by atoms with van der Waals surface area (Å²) >= 11 is 0. The monoisotopic (exact) mass is 539 g/mol. The van der Waals surface area contributed by atoms with E-state index in [4.69, 9.17) is 9.47 Å². The Labute approximate surface area is 224 Å². The van der Waals surface area contributed by atoms with E-state index in [1.807, 2.05) is 30.3 Å². The van der Waals surface area contributed by atoms with Gasteiger partial charge in [-0.15, -0.1) is 0 Å². The first-order chi connectivity index (χ1) is 18.2. The minimum absolute atomic E-state index is 0.0676. The first-order valence-corrected chi connectivity index (χ1v) is 13.5. The molecule has 10 heteroatoms. The molecule has 0 bridgehead atoms. The van der Waals surface area contributed by atoms with E-state index in [1.54, 1.807) is 37.3 Å². The number of carbonyl (C=O) groups excluding carboxylic acids is 2. The standard InChI is InChI=1S/C28H33N3O6S/c1-21(28(33)29-2)30(18-17-22-11-7-5-8-12-22)27(32)20-31(23-13-9-6-10-14-23)38(34,35)24-15-16-25(36-3)26(19-24)37-4/h5-16,19,21H,17-18,20H2,1-4H3,(H,29,33)/t21-/m0/s1. The van der Waals surface area contributed by atoms with E-state index < -0.39 is 28.5 Å². The number of carbonyl (C=O) groups is 2. The lowest BCUT2D eigenvalue weighted by molar-refractivity contribution is -0.138. The maximum atomic E-state index is 13.9. The zero-order valence-electron chi connectivity index (χ0n) is 22.0. The largest absolute Gasteiger partial charge is 0.493 e. The van der Waals surface area contributed by atoms with E-state index in [-0.39, 0.29) is 23.1 Å². The third-order valence-corrected chi connectivity index (χ3v) is 7.93. The molecular formula is C28H33N3O6S. The number of para-hydroxylation sites is 1. The van der Waals surface area contributed by atoms with Gasteiger partial charge in [-0.1, -0.05) is 48.5 Å². The van der Waals surface area contributed by atoms with Crippen molar-refractivity contribution in [2.24, 2.45) is 0 Å². The molecule has 0 aliphatic heterocycles. The number of likely N-dealkylation sites (N-methyl/N-ethyl adjacent to an activating group) is 1. The molecule has 0 fully saturated rings. The number of benzene rings is 3. The van der Waals surface area contributed by atoms with Gasteiger partial charge in [-0.2, -0.15) is 0 Å². The van der Waals surface area contributed by atoms with E-state index >= 15 is 0 Å². The molecule has 1 atom stereocenters. The van der Waals surface area contributed by atoms with Crippen molar-refractivity contribution in [2.45, 2.75) is 24.3 Å². The summed E-state index contributed by atoms with van der Waals surface area (Å²) in [5, 5.41) is 2.57.